The highest BCUT2D eigenvalue weighted by atomic mass is 16.7. The van der Waals surface area contributed by atoms with Crippen LogP contribution in [0.15, 0.2) is 0 Å². The van der Waals surface area contributed by atoms with Crippen molar-refractivity contribution in [3.63, 3.8) is 0 Å². The first-order valence-electron chi connectivity index (χ1n) is 4.66. The van der Waals surface area contributed by atoms with Gasteiger partial charge >= 0.3 is 0 Å². The van der Waals surface area contributed by atoms with Crippen molar-refractivity contribution in [1.29, 1.82) is 0 Å². The monoisotopic (exact) mass is 203 g/mol. The van der Waals surface area contributed by atoms with Crippen LogP contribution in [0.3, 0.4) is 0 Å². The Balaban J connectivity index is 2.08. The molecule has 5 nitrogen and oxygen atoms in total. The summed E-state index contributed by atoms with van der Waals surface area (Å²) < 4.78 is 16.0. The summed E-state index contributed by atoms with van der Waals surface area (Å²) in [6.45, 7) is 5.11. The van der Waals surface area contributed by atoms with E-state index in [4.69, 9.17) is 14.2 Å². The molecule has 2 rings (SSSR count). The maximum Gasteiger partial charge on any atom is 0.163 e. The molecule has 0 amide bonds. The number of hydrogen-bond acceptors (Lipinski definition) is 5. The Bertz CT molecular complexity index is 215. The lowest BCUT2D eigenvalue weighted by atomic mass is 9.99. The van der Waals surface area contributed by atoms with Gasteiger partial charge in [-0.15, -0.1) is 0 Å². The van der Waals surface area contributed by atoms with E-state index in [9.17, 15) is 10.2 Å². The van der Waals surface area contributed by atoms with Crippen molar-refractivity contribution in [2.45, 2.75) is 44.1 Å². The maximum absolute atomic E-state index is 9.66. The van der Waals surface area contributed by atoms with Gasteiger partial charge in [-0.2, -0.15) is 0 Å². The Morgan fingerprint density at radius 1 is 1.36 bits per heavy atom. The molecule has 0 spiro atoms. The lowest BCUT2D eigenvalue weighted by Crippen LogP contribution is -2.60. The van der Waals surface area contributed by atoms with Gasteiger partial charge in [0.15, 0.2) is 5.79 Å². The predicted octanol–water partition coefficient (Wildman–Crippen LogP) is -0.580. The summed E-state index contributed by atoms with van der Waals surface area (Å²) in [5.41, 5.74) is 0. The van der Waals surface area contributed by atoms with E-state index >= 15 is 0 Å². The molecule has 0 aromatic rings. The van der Waals surface area contributed by atoms with Gasteiger partial charge in [-0.3, -0.25) is 0 Å². The van der Waals surface area contributed by atoms with Crippen LogP contribution in [0.25, 0.3) is 0 Å². The molecule has 14 heavy (non-hydrogen) atoms. The molecule has 0 saturated carbocycles. The molecule has 0 aromatic heterocycles. The second-order valence-electron chi connectivity index (χ2n) is 4.09. The van der Waals surface area contributed by atoms with E-state index in [-0.39, 0.29) is 6.10 Å². The minimum Gasteiger partial charge on any atom is -0.387 e. The molecule has 81 valence electrons. The van der Waals surface area contributed by atoms with Crippen molar-refractivity contribution in [1.82, 2.24) is 0 Å². The standard InChI is InChI=1S/C9H15O5/c1-9(2)13-4-6-8(14-9)7(11)5(10)3-12-6/h3,5-8,10-11H,4H2,1-2H3/t5-,6+,7+,8+/m0/s1. The van der Waals surface area contributed by atoms with E-state index in [2.05, 4.69) is 0 Å². The van der Waals surface area contributed by atoms with Crippen LogP contribution in [0.2, 0.25) is 0 Å². The molecule has 2 fully saturated rings. The molecular formula is C9H15O5. The topological polar surface area (TPSA) is 68.2 Å². The van der Waals surface area contributed by atoms with Crippen LogP contribution in [0, 0.1) is 6.61 Å². The van der Waals surface area contributed by atoms with Crippen LogP contribution < -0.4 is 0 Å². The summed E-state index contributed by atoms with van der Waals surface area (Å²) in [6.07, 6.45) is -2.80. The average Bonchev–Trinajstić information content (AvgIpc) is 2.11. The van der Waals surface area contributed by atoms with Crippen molar-refractivity contribution in [2.75, 3.05) is 6.61 Å². The molecule has 2 heterocycles. The van der Waals surface area contributed by atoms with Gasteiger partial charge in [-0.25, -0.2) is 0 Å². The van der Waals surface area contributed by atoms with Gasteiger partial charge in [0.1, 0.15) is 31.0 Å². The Morgan fingerprint density at radius 2 is 2.07 bits per heavy atom. The highest BCUT2D eigenvalue weighted by Gasteiger charge is 2.46. The minimum absolute atomic E-state index is 0.332. The van der Waals surface area contributed by atoms with Crippen LogP contribution in [-0.4, -0.2) is 47.0 Å². The zero-order valence-electron chi connectivity index (χ0n) is 8.21. The third kappa shape index (κ3) is 1.78. The molecule has 4 atom stereocenters. The fraction of sp³-hybridized carbons (Fsp3) is 0.889. The van der Waals surface area contributed by atoms with Crippen molar-refractivity contribution in [3.8, 4) is 0 Å². The summed E-state index contributed by atoms with van der Waals surface area (Å²) >= 11 is 0. The van der Waals surface area contributed by atoms with Crippen molar-refractivity contribution in [2.24, 2.45) is 0 Å². The molecule has 2 N–H and O–H groups in total. The second-order valence-corrected chi connectivity index (χ2v) is 4.09. The smallest absolute Gasteiger partial charge is 0.163 e. The molecule has 2 saturated heterocycles. The molecule has 0 aromatic carbocycles. The normalized spacial score (nSPS) is 47.1. The number of aliphatic hydroxyl groups excluding tert-OH is 2. The summed E-state index contributed by atoms with van der Waals surface area (Å²) in [5.74, 6) is -0.734. The molecule has 1 radical (unpaired) electrons. The number of fused-ring (bicyclic) bond motifs is 1. The first-order valence-corrected chi connectivity index (χ1v) is 4.66. The van der Waals surface area contributed by atoms with E-state index in [1.165, 1.54) is 6.61 Å². The number of ether oxygens (including phenoxy) is 3. The van der Waals surface area contributed by atoms with Gasteiger partial charge < -0.3 is 24.4 Å². The maximum atomic E-state index is 9.66. The van der Waals surface area contributed by atoms with Crippen LogP contribution in [-0.2, 0) is 14.2 Å². The Morgan fingerprint density at radius 3 is 2.79 bits per heavy atom. The molecule has 0 bridgehead atoms. The van der Waals surface area contributed by atoms with Crippen LogP contribution in [0.5, 0.6) is 0 Å². The summed E-state index contributed by atoms with van der Waals surface area (Å²) in [7, 11) is 0. The van der Waals surface area contributed by atoms with Gasteiger partial charge in [-0.05, 0) is 13.8 Å². The SMILES string of the molecule is CC1(C)OC[C@H]2O[CH][C@H](O)[C@@H](O)[C@@H]2O1. The highest BCUT2D eigenvalue weighted by molar-refractivity contribution is 4.95. The molecular weight excluding hydrogens is 188 g/mol. The molecule has 0 aliphatic carbocycles. The Hall–Kier alpha value is -0.200. The zero-order valence-corrected chi connectivity index (χ0v) is 8.21. The van der Waals surface area contributed by atoms with Crippen molar-refractivity contribution >= 4 is 0 Å². The summed E-state index contributed by atoms with van der Waals surface area (Å²) in [6, 6.07) is 0. The minimum atomic E-state index is -0.995. The molecule has 5 heteroatoms. The molecule has 2 aliphatic rings. The van der Waals surface area contributed by atoms with Gasteiger partial charge in [0.05, 0.1) is 6.61 Å². The molecule has 0 unspecified atom stereocenters. The fourth-order valence-corrected chi connectivity index (χ4v) is 1.68. The third-order valence-electron chi connectivity index (χ3n) is 2.46. The zero-order chi connectivity index (χ0) is 10.3. The highest BCUT2D eigenvalue weighted by Crippen LogP contribution is 2.30. The van der Waals surface area contributed by atoms with E-state index in [1.807, 2.05) is 0 Å². The van der Waals surface area contributed by atoms with E-state index in [1.54, 1.807) is 13.8 Å². The van der Waals surface area contributed by atoms with E-state index in [0.717, 1.165) is 0 Å². The largest absolute Gasteiger partial charge is 0.387 e. The van der Waals surface area contributed by atoms with Crippen molar-refractivity contribution < 1.29 is 24.4 Å². The average molecular weight is 203 g/mol. The first-order chi connectivity index (χ1) is 6.49. The lowest BCUT2D eigenvalue weighted by Gasteiger charge is -2.46. The molecule has 2 aliphatic heterocycles. The van der Waals surface area contributed by atoms with Gasteiger partial charge in [-0.1, -0.05) is 0 Å². The van der Waals surface area contributed by atoms with E-state index in [0.29, 0.717) is 6.61 Å². The second kappa shape index (κ2) is 3.43. The van der Waals surface area contributed by atoms with Crippen molar-refractivity contribution in [3.05, 3.63) is 6.61 Å². The summed E-state index contributed by atoms with van der Waals surface area (Å²) in [5, 5.41) is 19.0. The summed E-state index contributed by atoms with van der Waals surface area (Å²) in [4.78, 5) is 0. The van der Waals surface area contributed by atoms with Gasteiger partial charge in [0, 0.05) is 0 Å². The Kier molecular flexibility index (Phi) is 2.53. The van der Waals surface area contributed by atoms with Crippen LogP contribution >= 0.6 is 0 Å². The fourth-order valence-electron chi connectivity index (χ4n) is 1.68. The van der Waals surface area contributed by atoms with Gasteiger partial charge in [0.25, 0.3) is 0 Å². The van der Waals surface area contributed by atoms with E-state index < -0.39 is 24.1 Å². The quantitative estimate of drug-likeness (QED) is 0.551. The van der Waals surface area contributed by atoms with Crippen LogP contribution in [0.1, 0.15) is 13.8 Å². The number of hydrogen-bond donors (Lipinski definition) is 2. The van der Waals surface area contributed by atoms with Gasteiger partial charge in [0.2, 0.25) is 0 Å². The number of rotatable bonds is 0. The Labute approximate surface area is 82.6 Å². The predicted molar refractivity (Wildman–Crippen MR) is 46.1 cm³/mol. The third-order valence-corrected chi connectivity index (χ3v) is 2.46. The van der Waals surface area contributed by atoms with Crippen LogP contribution in [0.4, 0.5) is 0 Å². The number of aliphatic hydroxyl groups is 2. The lowest BCUT2D eigenvalue weighted by molar-refractivity contribution is -0.339. The first kappa shape index (κ1) is 10.3.